The van der Waals surface area contributed by atoms with Gasteiger partial charge in [0.05, 0.1) is 11.0 Å². The number of amides is 2. The molecule has 0 radical (unpaired) electrons. The molecule has 5 rings (SSSR count). The van der Waals surface area contributed by atoms with Crippen LogP contribution in [0.15, 0.2) is 30.3 Å². The summed E-state index contributed by atoms with van der Waals surface area (Å²) in [4.78, 5) is 41.9. The summed E-state index contributed by atoms with van der Waals surface area (Å²) in [6.07, 6.45) is 5.55. The number of hydrogen-bond donors (Lipinski definition) is 1. The first kappa shape index (κ1) is 20.6. The van der Waals surface area contributed by atoms with Crippen molar-refractivity contribution < 1.29 is 19.1 Å². The molecule has 0 bridgehead atoms. The van der Waals surface area contributed by atoms with Gasteiger partial charge < -0.3 is 15.0 Å². The SMILES string of the molecule is CC(NC(=O)c1cc2ccccc2s1)(C(=O)N1CCC2OCC(=O)C21)C1CCCCC1. The Morgan fingerprint density at radius 1 is 1.16 bits per heavy atom. The van der Waals surface area contributed by atoms with E-state index >= 15 is 0 Å². The van der Waals surface area contributed by atoms with E-state index in [0.29, 0.717) is 17.8 Å². The molecule has 0 spiro atoms. The molecule has 2 saturated heterocycles. The fourth-order valence-electron chi connectivity index (χ4n) is 5.52. The first-order valence-electron chi connectivity index (χ1n) is 11.2. The van der Waals surface area contributed by atoms with E-state index < -0.39 is 11.6 Å². The summed E-state index contributed by atoms with van der Waals surface area (Å²) < 4.78 is 6.63. The standard InChI is InChI=1S/C24H28N2O4S/c1-24(16-8-3-2-4-9-16,23(29)26-12-11-18-21(26)17(27)14-30-18)25-22(28)20-13-15-7-5-6-10-19(15)31-20/h5-7,10,13,16,18,21H,2-4,8-9,11-12,14H2,1H3,(H,25,28). The minimum absolute atomic E-state index is 0.0299. The number of ether oxygens (including phenoxy) is 1. The first-order chi connectivity index (χ1) is 15.0. The second-order valence-corrected chi connectivity index (χ2v) is 10.3. The van der Waals surface area contributed by atoms with Crippen molar-refractivity contribution in [2.45, 2.75) is 63.1 Å². The quantitative estimate of drug-likeness (QED) is 0.789. The van der Waals surface area contributed by atoms with Crippen LogP contribution in [0.3, 0.4) is 0 Å². The third-order valence-electron chi connectivity index (χ3n) is 7.26. The average Bonchev–Trinajstić information content (AvgIpc) is 3.50. The highest BCUT2D eigenvalue weighted by molar-refractivity contribution is 7.20. The lowest BCUT2D eigenvalue weighted by Crippen LogP contribution is -2.63. The van der Waals surface area contributed by atoms with E-state index in [-0.39, 0.29) is 36.2 Å². The molecule has 31 heavy (non-hydrogen) atoms. The summed E-state index contributed by atoms with van der Waals surface area (Å²) in [6.45, 7) is 2.44. The number of likely N-dealkylation sites (tertiary alicyclic amines) is 1. The highest BCUT2D eigenvalue weighted by Gasteiger charge is 2.53. The molecule has 3 aliphatic rings. The number of thiophene rings is 1. The second kappa shape index (κ2) is 8.02. The van der Waals surface area contributed by atoms with Gasteiger partial charge in [-0.2, -0.15) is 0 Å². The molecule has 1 aliphatic carbocycles. The minimum atomic E-state index is -1.04. The smallest absolute Gasteiger partial charge is 0.262 e. The lowest BCUT2D eigenvalue weighted by molar-refractivity contribution is -0.144. The molecule has 3 fully saturated rings. The Morgan fingerprint density at radius 2 is 1.94 bits per heavy atom. The summed E-state index contributed by atoms with van der Waals surface area (Å²) in [6, 6.07) is 9.29. The van der Waals surface area contributed by atoms with Crippen LogP contribution in [0.4, 0.5) is 0 Å². The maximum atomic E-state index is 13.9. The Morgan fingerprint density at radius 3 is 2.71 bits per heavy atom. The number of nitrogens with one attached hydrogen (secondary N) is 1. The zero-order valence-corrected chi connectivity index (χ0v) is 18.6. The first-order valence-corrected chi connectivity index (χ1v) is 12.1. The highest BCUT2D eigenvalue weighted by Crippen LogP contribution is 2.37. The molecule has 164 valence electrons. The van der Waals surface area contributed by atoms with E-state index in [4.69, 9.17) is 4.74 Å². The Balaban J connectivity index is 1.45. The van der Waals surface area contributed by atoms with Crippen molar-refractivity contribution in [1.82, 2.24) is 10.2 Å². The van der Waals surface area contributed by atoms with Gasteiger partial charge in [-0.3, -0.25) is 14.4 Å². The van der Waals surface area contributed by atoms with Crippen molar-refractivity contribution in [2.75, 3.05) is 13.2 Å². The van der Waals surface area contributed by atoms with E-state index in [1.165, 1.54) is 11.3 Å². The largest absolute Gasteiger partial charge is 0.368 e. The number of carbonyl (C=O) groups excluding carboxylic acids is 3. The van der Waals surface area contributed by atoms with E-state index in [1.807, 2.05) is 37.3 Å². The molecule has 3 atom stereocenters. The van der Waals surface area contributed by atoms with Crippen molar-refractivity contribution in [2.24, 2.45) is 5.92 Å². The van der Waals surface area contributed by atoms with E-state index in [9.17, 15) is 14.4 Å². The van der Waals surface area contributed by atoms with Gasteiger partial charge >= 0.3 is 0 Å². The van der Waals surface area contributed by atoms with Gasteiger partial charge in [0, 0.05) is 11.2 Å². The molecule has 6 nitrogen and oxygen atoms in total. The number of hydrogen-bond acceptors (Lipinski definition) is 5. The molecule has 3 unspecified atom stereocenters. The molecule has 2 aliphatic heterocycles. The fourth-order valence-corrected chi connectivity index (χ4v) is 6.48. The van der Waals surface area contributed by atoms with Crippen LogP contribution in [0.5, 0.6) is 0 Å². The number of fused-ring (bicyclic) bond motifs is 2. The summed E-state index contributed by atoms with van der Waals surface area (Å²) in [5.41, 5.74) is -1.04. The van der Waals surface area contributed by atoms with Crippen molar-refractivity contribution >= 4 is 39.0 Å². The lowest BCUT2D eigenvalue weighted by atomic mass is 9.74. The molecule has 7 heteroatoms. The Kier molecular flexibility index (Phi) is 5.34. The summed E-state index contributed by atoms with van der Waals surface area (Å²) >= 11 is 1.44. The van der Waals surface area contributed by atoms with Crippen LogP contribution < -0.4 is 5.32 Å². The van der Waals surface area contributed by atoms with E-state index in [2.05, 4.69) is 5.32 Å². The lowest BCUT2D eigenvalue weighted by Gasteiger charge is -2.42. The van der Waals surface area contributed by atoms with E-state index in [1.54, 1.807) is 4.90 Å². The van der Waals surface area contributed by atoms with Gasteiger partial charge in [-0.25, -0.2) is 0 Å². The molecule has 1 aromatic heterocycles. The predicted molar refractivity (Wildman–Crippen MR) is 119 cm³/mol. The Bertz CT molecular complexity index is 995. The Labute approximate surface area is 185 Å². The zero-order chi connectivity index (χ0) is 21.6. The van der Waals surface area contributed by atoms with E-state index in [0.717, 1.165) is 42.2 Å². The van der Waals surface area contributed by atoms with Gasteiger partial charge in [-0.05, 0) is 49.6 Å². The number of ketones is 1. The third-order valence-corrected chi connectivity index (χ3v) is 8.38. The number of nitrogens with zero attached hydrogens (tertiary/aromatic N) is 1. The summed E-state index contributed by atoms with van der Waals surface area (Å²) in [5.74, 6) is -0.325. The van der Waals surface area contributed by atoms with Crippen LogP contribution in [-0.4, -0.2) is 53.3 Å². The molecular weight excluding hydrogens is 412 g/mol. The van der Waals surface area contributed by atoms with Gasteiger partial charge in [0.15, 0.2) is 5.78 Å². The number of Topliss-reactive ketones (excluding diaryl/α,β-unsaturated/α-hetero) is 1. The minimum Gasteiger partial charge on any atom is -0.368 e. The molecule has 2 amide bonds. The molecule has 1 aromatic carbocycles. The predicted octanol–water partition coefficient (Wildman–Crippen LogP) is 3.54. The molecule has 1 saturated carbocycles. The zero-order valence-electron chi connectivity index (χ0n) is 17.8. The second-order valence-electron chi connectivity index (χ2n) is 9.19. The van der Waals surface area contributed by atoms with Crippen LogP contribution in [-0.2, 0) is 14.3 Å². The van der Waals surface area contributed by atoms with Crippen LogP contribution in [0.1, 0.15) is 55.1 Å². The number of rotatable bonds is 4. The van der Waals surface area contributed by atoms with Crippen LogP contribution in [0.25, 0.3) is 10.1 Å². The maximum Gasteiger partial charge on any atom is 0.262 e. The highest BCUT2D eigenvalue weighted by atomic mass is 32.1. The molecule has 2 aromatic rings. The van der Waals surface area contributed by atoms with Gasteiger partial charge in [-0.1, -0.05) is 37.5 Å². The molecular formula is C24H28N2O4S. The fraction of sp³-hybridized carbons (Fsp3) is 0.542. The van der Waals surface area contributed by atoms with Crippen molar-refractivity contribution in [3.63, 3.8) is 0 Å². The maximum absolute atomic E-state index is 13.9. The summed E-state index contributed by atoms with van der Waals surface area (Å²) in [7, 11) is 0. The van der Waals surface area contributed by atoms with Gasteiger partial charge in [0.25, 0.3) is 5.91 Å². The van der Waals surface area contributed by atoms with Crippen molar-refractivity contribution in [3.8, 4) is 0 Å². The average molecular weight is 441 g/mol. The van der Waals surface area contributed by atoms with Crippen LogP contribution in [0, 0.1) is 5.92 Å². The van der Waals surface area contributed by atoms with Gasteiger partial charge in [0.2, 0.25) is 5.91 Å². The van der Waals surface area contributed by atoms with Crippen LogP contribution in [0.2, 0.25) is 0 Å². The van der Waals surface area contributed by atoms with Crippen molar-refractivity contribution in [1.29, 1.82) is 0 Å². The summed E-state index contributed by atoms with van der Waals surface area (Å²) in [5, 5.41) is 4.17. The normalized spacial score (nSPS) is 26.1. The van der Waals surface area contributed by atoms with Crippen molar-refractivity contribution in [3.05, 3.63) is 35.2 Å². The third kappa shape index (κ3) is 3.57. The number of benzene rings is 1. The molecule has 1 N–H and O–H groups in total. The number of carbonyl (C=O) groups is 3. The van der Waals surface area contributed by atoms with Gasteiger partial charge in [-0.15, -0.1) is 11.3 Å². The monoisotopic (exact) mass is 440 g/mol. The topological polar surface area (TPSA) is 75.7 Å². The molecule has 3 heterocycles. The van der Waals surface area contributed by atoms with Gasteiger partial charge in [0.1, 0.15) is 18.2 Å². The van der Waals surface area contributed by atoms with Crippen LogP contribution >= 0.6 is 11.3 Å². The Hall–Kier alpha value is -2.25.